The highest BCUT2D eigenvalue weighted by molar-refractivity contribution is 7.85. The molecule has 0 radical (unpaired) electrons. The van der Waals surface area contributed by atoms with E-state index in [0.29, 0.717) is 17.2 Å². The summed E-state index contributed by atoms with van der Waals surface area (Å²) in [6.45, 7) is 7.29. The summed E-state index contributed by atoms with van der Waals surface area (Å²) in [6, 6.07) is 0.436. The third kappa shape index (κ3) is 2.27. The number of rotatable bonds is 1. The molecule has 0 aromatic carbocycles. The smallest absolute Gasteiger partial charge is 0.0496 e. The van der Waals surface area contributed by atoms with Crippen LogP contribution >= 0.6 is 0 Å². The summed E-state index contributed by atoms with van der Waals surface area (Å²) in [7, 11) is -0.601. The molecule has 0 amide bonds. The molecule has 11 heavy (non-hydrogen) atoms. The molecule has 1 N–H and O–H groups in total. The van der Waals surface area contributed by atoms with E-state index < -0.39 is 10.8 Å². The van der Waals surface area contributed by atoms with Crippen molar-refractivity contribution in [3.8, 4) is 0 Å². The summed E-state index contributed by atoms with van der Waals surface area (Å²) < 4.78 is 11.5. The molecular weight excluding hydrogens is 158 g/mol. The monoisotopic (exact) mass is 175 g/mol. The fourth-order valence-corrected chi connectivity index (χ4v) is 3.13. The highest BCUT2D eigenvalue weighted by atomic mass is 32.2. The van der Waals surface area contributed by atoms with Crippen LogP contribution in [0.4, 0.5) is 0 Å². The lowest BCUT2D eigenvalue weighted by Crippen LogP contribution is -2.48. The second kappa shape index (κ2) is 3.68. The molecule has 1 saturated heterocycles. The van der Waals surface area contributed by atoms with Gasteiger partial charge >= 0.3 is 0 Å². The second-order valence-electron chi connectivity index (χ2n) is 3.64. The zero-order chi connectivity index (χ0) is 8.43. The van der Waals surface area contributed by atoms with Gasteiger partial charge in [-0.3, -0.25) is 4.21 Å². The molecule has 0 saturated carbocycles. The summed E-state index contributed by atoms with van der Waals surface area (Å²) in [5, 5.41) is 3.72. The first-order valence-corrected chi connectivity index (χ1v) is 5.60. The molecule has 0 bridgehead atoms. The molecule has 3 heteroatoms. The van der Waals surface area contributed by atoms with Crippen molar-refractivity contribution in [3.63, 3.8) is 0 Å². The van der Waals surface area contributed by atoms with Crippen molar-refractivity contribution in [1.29, 1.82) is 0 Å². The summed E-state index contributed by atoms with van der Waals surface area (Å²) >= 11 is 0. The Morgan fingerprint density at radius 1 is 1.55 bits per heavy atom. The van der Waals surface area contributed by atoms with Crippen molar-refractivity contribution >= 4 is 10.8 Å². The van der Waals surface area contributed by atoms with Crippen LogP contribution in [-0.2, 0) is 10.8 Å². The maximum Gasteiger partial charge on any atom is 0.0496 e. The van der Waals surface area contributed by atoms with Crippen LogP contribution in [0.2, 0.25) is 0 Å². The van der Waals surface area contributed by atoms with Crippen molar-refractivity contribution in [3.05, 3.63) is 0 Å². The largest absolute Gasteiger partial charge is 0.312 e. The maximum atomic E-state index is 11.5. The molecule has 2 nitrogen and oxygen atoms in total. The zero-order valence-electron chi connectivity index (χ0n) is 7.46. The first kappa shape index (κ1) is 9.20. The number of hydrogen-bond donors (Lipinski definition) is 1. The zero-order valence-corrected chi connectivity index (χ0v) is 8.28. The van der Waals surface area contributed by atoms with Gasteiger partial charge in [0.05, 0.1) is 0 Å². The topological polar surface area (TPSA) is 29.1 Å². The molecule has 0 aromatic heterocycles. The number of hydrogen-bond acceptors (Lipinski definition) is 2. The summed E-state index contributed by atoms with van der Waals surface area (Å²) in [5.74, 6) is 1.36. The van der Waals surface area contributed by atoms with E-state index in [2.05, 4.69) is 26.1 Å². The van der Waals surface area contributed by atoms with Crippen molar-refractivity contribution in [2.24, 2.45) is 5.92 Å². The Labute approximate surface area is 71.2 Å². The highest BCUT2D eigenvalue weighted by Crippen LogP contribution is 2.13. The van der Waals surface area contributed by atoms with E-state index in [4.69, 9.17) is 0 Å². The molecule has 1 aliphatic rings. The van der Waals surface area contributed by atoms with Gasteiger partial charge in [-0.25, -0.2) is 0 Å². The van der Waals surface area contributed by atoms with Crippen LogP contribution in [-0.4, -0.2) is 27.8 Å². The van der Waals surface area contributed by atoms with Crippen LogP contribution in [0.5, 0.6) is 0 Å². The van der Waals surface area contributed by atoms with Crippen LogP contribution in [0.1, 0.15) is 20.8 Å². The number of nitrogens with one attached hydrogen (secondary N) is 1. The van der Waals surface area contributed by atoms with Crippen LogP contribution in [0.15, 0.2) is 0 Å². The summed E-state index contributed by atoms with van der Waals surface area (Å²) in [4.78, 5) is 0. The van der Waals surface area contributed by atoms with Crippen molar-refractivity contribution in [2.45, 2.75) is 32.1 Å². The van der Waals surface area contributed by atoms with Crippen molar-refractivity contribution in [2.75, 3.05) is 12.3 Å². The van der Waals surface area contributed by atoms with Gasteiger partial charge in [-0.1, -0.05) is 13.8 Å². The Morgan fingerprint density at radius 3 is 2.64 bits per heavy atom. The molecular formula is C8H17NOS. The molecule has 0 spiro atoms. The third-order valence-electron chi connectivity index (χ3n) is 2.16. The standard InChI is InChI=1S/C8H17NOS/c1-6(2)8-4-9-7(3)5-11(8)10/h6-9H,4-5H2,1-3H3. The van der Waals surface area contributed by atoms with Gasteiger partial charge < -0.3 is 5.32 Å². The molecule has 0 aliphatic carbocycles. The van der Waals surface area contributed by atoms with E-state index in [1.165, 1.54) is 0 Å². The molecule has 3 atom stereocenters. The molecule has 1 heterocycles. The maximum absolute atomic E-state index is 11.5. The van der Waals surface area contributed by atoms with E-state index >= 15 is 0 Å². The predicted molar refractivity (Wildman–Crippen MR) is 49.1 cm³/mol. The van der Waals surface area contributed by atoms with Crippen molar-refractivity contribution in [1.82, 2.24) is 5.32 Å². The average Bonchev–Trinajstić information content (AvgIpc) is 1.85. The normalized spacial score (nSPS) is 39.5. The molecule has 3 unspecified atom stereocenters. The molecule has 66 valence electrons. The van der Waals surface area contributed by atoms with Gasteiger partial charge in [0.15, 0.2) is 0 Å². The van der Waals surface area contributed by atoms with E-state index in [1.807, 2.05) is 0 Å². The lowest BCUT2D eigenvalue weighted by atomic mass is 10.1. The predicted octanol–water partition coefficient (Wildman–Crippen LogP) is 0.751. The van der Waals surface area contributed by atoms with Gasteiger partial charge in [0.25, 0.3) is 0 Å². The molecule has 1 rings (SSSR count). The van der Waals surface area contributed by atoms with Gasteiger partial charge in [-0.05, 0) is 12.8 Å². The van der Waals surface area contributed by atoms with E-state index in [0.717, 1.165) is 12.3 Å². The molecule has 1 fully saturated rings. The lowest BCUT2D eigenvalue weighted by molar-refractivity contribution is 0.481. The van der Waals surface area contributed by atoms with E-state index in [1.54, 1.807) is 0 Å². The Bertz CT molecular complexity index is 158. The van der Waals surface area contributed by atoms with Gasteiger partial charge in [-0.15, -0.1) is 0 Å². The lowest BCUT2D eigenvalue weighted by Gasteiger charge is -2.29. The minimum absolute atomic E-state index is 0.367. The highest BCUT2D eigenvalue weighted by Gasteiger charge is 2.26. The Hall–Kier alpha value is 0.110. The van der Waals surface area contributed by atoms with Crippen LogP contribution in [0, 0.1) is 5.92 Å². The summed E-state index contributed by atoms with van der Waals surface area (Å²) in [6.07, 6.45) is 0. The third-order valence-corrected chi connectivity index (χ3v) is 4.38. The first-order chi connectivity index (χ1) is 5.11. The van der Waals surface area contributed by atoms with Crippen molar-refractivity contribution < 1.29 is 4.21 Å². The SMILES string of the molecule is CC1CS(=O)C(C(C)C)CN1. The Balaban J connectivity index is 2.51. The van der Waals surface area contributed by atoms with Gasteiger partial charge in [-0.2, -0.15) is 0 Å². The van der Waals surface area contributed by atoms with E-state index in [9.17, 15) is 4.21 Å². The fraction of sp³-hybridized carbons (Fsp3) is 1.00. The van der Waals surface area contributed by atoms with Crippen LogP contribution in [0.25, 0.3) is 0 Å². The van der Waals surface area contributed by atoms with Gasteiger partial charge in [0, 0.05) is 34.4 Å². The molecule has 0 aromatic rings. The quantitative estimate of drug-likeness (QED) is 0.637. The van der Waals surface area contributed by atoms with E-state index in [-0.39, 0.29) is 0 Å². The Morgan fingerprint density at radius 2 is 2.18 bits per heavy atom. The molecule has 1 aliphatic heterocycles. The fourth-order valence-electron chi connectivity index (χ4n) is 1.38. The minimum atomic E-state index is -0.601. The van der Waals surface area contributed by atoms with Gasteiger partial charge in [0.2, 0.25) is 0 Å². The van der Waals surface area contributed by atoms with Crippen LogP contribution in [0.3, 0.4) is 0 Å². The second-order valence-corrected chi connectivity index (χ2v) is 5.34. The van der Waals surface area contributed by atoms with Gasteiger partial charge in [0.1, 0.15) is 0 Å². The average molecular weight is 175 g/mol. The Kier molecular flexibility index (Phi) is 3.07. The van der Waals surface area contributed by atoms with Crippen LogP contribution < -0.4 is 5.32 Å². The first-order valence-electron chi connectivity index (χ1n) is 4.22. The summed E-state index contributed by atoms with van der Waals surface area (Å²) in [5.41, 5.74) is 0. The minimum Gasteiger partial charge on any atom is -0.312 e.